The van der Waals surface area contributed by atoms with E-state index in [2.05, 4.69) is 18.4 Å². The molecule has 0 amide bonds. The molecule has 0 spiro atoms. The maximum atomic E-state index is 6.10. The number of likely N-dealkylation sites (N-methyl/N-ethyl adjacent to an activating group) is 1. The minimum atomic E-state index is 0.689. The molecule has 0 fully saturated rings. The number of rotatable bonds is 3. The molecule has 0 unspecified atom stereocenters. The highest BCUT2D eigenvalue weighted by molar-refractivity contribution is 6.32. The van der Waals surface area contributed by atoms with E-state index in [1.54, 1.807) is 7.11 Å². The minimum absolute atomic E-state index is 0.689. The van der Waals surface area contributed by atoms with Crippen molar-refractivity contribution in [3.63, 3.8) is 0 Å². The number of methoxy groups -OCH3 is 1. The summed E-state index contributed by atoms with van der Waals surface area (Å²) in [7, 11) is 1.66. The fourth-order valence-electron chi connectivity index (χ4n) is 1.99. The zero-order valence-corrected chi connectivity index (χ0v) is 11.4. The lowest BCUT2D eigenvalue weighted by molar-refractivity contribution is 0.414. The van der Waals surface area contributed by atoms with Crippen LogP contribution in [0.5, 0.6) is 5.75 Å². The van der Waals surface area contributed by atoms with Crippen LogP contribution in [0.4, 0.5) is 0 Å². The second-order valence-electron chi connectivity index (χ2n) is 3.99. The third kappa shape index (κ3) is 2.29. The fraction of sp³-hybridized carbons (Fsp3) is 0.200. The van der Waals surface area contributed by atoms with E-state index in [0.29, 0.717) is 5.03 Å². The van der Waals surface area contributed by atoms with Gasteiger partial charge in [0.05, 0.1) is 17.8 Å². The minimum Gasteiger partial charge on any atom is -0.497 e. The van der Waals surface area contributed by atoms with Gasteiger partial charge >= 0.3 is 0 Å². The van der Waals surface area contributed by atoms with Gasteiger partial charge in [-0.1, -0.05) is 18.2 Å². The molecule has 18 heavy (non-hydrogen) atoms. The van der Waals surface area contributed by atoms with Gasteiger partial charge in [-0.05, 0) is 48.9 Å². The summed E-state index contributed by atoms with van der Waals surface area (Å²) in [6.07, 6.45) is 3.90. The second-order valence-corrected chi connectivity index (χ2v) is 4.39. The van der Waals surface area contributed by atoms with E-state index in [1.807, 2.05) is 36.4 Å². The van der Waals surface area contributed by atoms with Crippen LogP contribution >= 0.6 is 11.6 Å². The zero-order chi connectivity index (χ0) is 13.1. The van der Waals surface area contributed by atoms with E-state index >= 15 is 0 Å². The first-order valence-electron chi connectivity index (χ1n) is 5.86. The lowest BCUT2D eigenvalue weighted by atomic mass is 10.1. The summed E-state index contributed by atoms with van der Waals surface area (Å²) in [5.74, 6) is 0.852. The zero-order valence-electron chi connectivity index (χ0n) is 10.6. The number of hydrogen-bond acceptors (Lipinski definition) is 2. The normalized spacial score (nSPS) is 15.3. The van der Waals surface area contributed by atoms with Gasteiger partial charge in [-0.25, -0.2) is 0 Å². The maximum Gasteiger partial charge on any atom is 0.118 e. The van der Waals surface area contributed by atoms with Crippen LogP contribution in [0.25, 0.3) is 5.70 Å². The lowest BCUT2D eigenvalue weighted by Gasteiger charge is -2.30. The summed E-state index contributed by atoms with van der Waals surface area (Å²) in [6.45, 7) is 6.93. The van der Waals surface area contributed by atoms with Crippen LogP contribution in [0.3, 0.4) is 0 Å². The van der Waals surface area contributed by atoms with E-state index < -0.39 is 0 Å². The Balaban J connectivity index is 2.38. The first-order valence-corrected chi connectivity index (χ1v) is 6.24. The van der Waals surface area contributed by atoms with Gasteiger partial charge in [0.2, 0.25) is 0 Å². The summed E-state index contributed by atoms with van der Waals surface area (Å²) < 4.78 is 5.16. The molecule has 1 aliphatic heterocycles. The van der Waals surface area contributed by atoms with Crippen LogP contribution in [-0.4, -0.2) is 18.6 Å². The van der Waals surface area contributed by atoms with Crippen LogP contribution in [0.15, 0.2) is 53.7 Å². The van der Waals surface area contributed by atoms with Crippen LogP contribution in [0, 0.1) is 0 Å². The topological polar surface area (TPSA) is 12.5 Å². The van der Waals surface area contributed by atoms with E-state index in [1.165, 1.54) is 0 Å². The Morgan fingerprint density at radius 2 is 1.89 bits per heavy atom. The largest absolute Gasteiger partial charge is 0.497 e. The van der Waals surface area contributed by atoms with Gasteiger partial charge in [-0.15, -0.1) is 0 Å². The number of benzene rings is 1. The molecule has 1 aliphatic rings. The van der Waals surface area contributed by atoms with Crippen molar-refractivity contribution in [2.75, 3.05) is 13.7 Å². The average molecular weight is 262 g/mol. The summed E-state index contributed by atoms with van der Waals surface area (Å²) in [4.78, 5) is 2.10. The van der Waals surface area contributed by atoms with Crippen LogP contribution in [0.2, 0.25) is 0 Å². The smallest absolute Gasteiger partial charge is 0.118 e. The molecule has 0 radical (unpaired) electrons. The Bertz CT molecular complexity index is 514. The first kappa shape index (κ1) is 12.8. The predicted molar refractivity (Wildman–Crippen MR) is 76.4 cm³/mol. The lowest BCUT2D eigenvalue weighted by Crippen LogP contribution is -2.22. The third-order valence-electron chi connectivity index (χ3n) is 2.98. The standard InChI is InChI=1S/C15H16ClNO/c1-4-17-11(2)14(16)9-10-15(17)12-5-7-13(18-3)8-6-12/h5-10H,2,4H2,1,3H3. The van der Waals surface area contributed by atoms with E-state index in [9.17, 15) is 0 Å². The summed E-state index contributed by atoms with van der Waals surface area (Å²) >= 11 is 6.10. The molecule has 2 rings (SSSR count). The number of halogens is 1. The molecule has 2 nitrogen and oxygen atoms in total. The van der Waals surface area contributed by atoms with Crippen LogP contribution in [-0.2, 0) is 0 Å². The monoisotopic (exact) mass is 261 g/mol. The molecule has 3 heteroatoms. The quantitative estimate of drug-likeness (QED) is 0.815. The number of allylic oxidation sites excluding steroid dienone is 3. The van der Waals surface area contributed by atoms with Crippen molar-refractivity contribution in [1.82, 2.24) is 4.90 Å². The fourth-order valence-corrected chi connectivity index (χ4v) is 2.15. The molecule has 1 aromatic rings. The molecule has 0 bridgehead atoms. The number of nitrogens with zero attached hydrogens (tertiary/aromatic N) is 1. The van der Waals surface area contributed by atoms with E-state index in [-0.39, 0.29) is 0 Å². The molecule has 94 valence electrons. The van der Waals surface area contributed by atoms with E-state index in [4.69, 9.17) is 16.3 Å². The molecule has 0 aromatic heterocycles. The second kappa shape index (κ2) is 5.32. The Kier molecular flexibility index (Phi) is 3.78. The molecular formula is C15H16ClNO. The van der Waals surface area contributed by atoms with Gasteiger partial charge in [0.1, 0.15) is 5.75 Å². The van der Waals surface area contributed by atoms with Crippen molar-refractivity contribution >= 4 is 17.3 Å². The van der Waals surface area contributed by atoms with Crippen LogP contribution in [0.1, 0.15) is 12.5 Å². The maximum absolute atomic E-state index is 6.10. The van der Waals surface area contributed by atoms with Crippen molar-refractivity contribution in [1.29, 1.82) is 0 Å². The Morgan fingerprint density at radius 1 is 1.22 bits per heavy atom. The van der Waals surface area contributed by atoms with Gasteiger partial charge in [0.15, 0.2) is 0 Å². The molecular weight excluding hydrogens is 246 g/mol. The van der Waals surface area contributed by atoms with Gasteiger partial charge in [-0.2, -0.15) is 0 Å². The van der Waals surface area contributed by atoms with Crippen molar-refractivity contribution in [2.45, 2.75) is 6.92 Å². The van der Waals surface area contributed by atoms with Gasteiger partial charge in [0, 0.05) is 12.2 Å². The highest BCUT2D eigenvalue weighted by atomic mass is 35.5. The summed E-state index contributed by atoms with van der Waals surface area (Å²) in [5, 5.41) is 0.689. The third-order valence-corrected chi connectivity index (χ3v) is 3.33. The highest BCUT2D eigenvalue weighted by Crippen LogP contribution is 2.32. The van der Waals surface area contributed by atoms with Crippen LogP contribution < -0.4 is 4.74 Å². The Hall–Kier alpha value is -1.67. The Morgan fingerprint density at radius 3 is 2.44 bits per heavy atom. The predicted octanol–water partition coefficient (Wildman–Crippen LogP) is 4.01. The van der Waals surface area contributed by atoms with E-state index in [0.717, 1.165) is 29.3 Å². The number of ether oxygens (including phenoxy) is 1. The molecule has 0 aliphatic carbocycles. The summed E-state index contributed by atoms with van der Waals surface area (Å²) in [6, 6.07) is 7.97. The molecule has 1 heterocycles. The first-order chi connectivity index (χ1) is 8.67. The molecule has 0 N–H and O–H groups in total. The van der Waals surface area contributed by atoms with Crippen molar-refractivity contribution in [3.05, 3.63) is 59.3 Å². The van der Waals surface area contributed by atoms with Crippen molar-refractivity contribution in [3.8, 4) is 5.75 Å². The highest BCUT2D eigenvalue weighted by Gasteiger charge is 2.18. The summed E-state index contributed by atoms with van der Waals surface area (Å²) in [5.41, 5.74) is 3.07. The SMILES string of the molecule is C=C1C(Cl)=CC=C(c2ccc(OC)cc2)N1CC. The molecule has 0 saturated heterocycles. The van der Waals surface area contributed by atoms with Crippen molar-refractivity contribution in [2.24, 2.45) is 0 Å². The van der Waals surface area contributed by atoms with Gasteiger partial charge < -0.3 is 9.64 Å². The Labute approximate surface area is 113 Å². The van der Waals surface area contributed by atoms with Crippen molar-refractivity contribution < 1.29 is 4.74 Å². The molecule has 1 aromatic carbocycles. The average Bonchev–Trinajstić information content (AvgIpc) is 2.42. The molecule has 0 atom stereocenters. The van der Waals surface area contributed by atoms with Gasteiger partial charge in [0.25, 0.3) is 0 Å². The number of hydrogen-bond donors (Lipinski definition) is 0. The molecule has 0 saturated carbocycles. The van der Waals surface area contributed by atoms with Gasteiger partial charge in [-0.3, -0.25) is 0 Å².